The molecule has 0 aliphatic heterocycles. The molecule has 0 aliphatic rings. The lowest BCUT2D eigenvalue weighted by atomic mass is 10.2. The zero-order chi connectivity index (χ0) is 22.2. The third-order valence-corrected chi connectivity index (χ3v) is 4.09. The van der Waals surface area contributed by atoms with Crippen molar-refractivity contribution in [2.24, 2.45) is 5.73 Å². The van der Waals surface area contributed by atoms with Gasteiger partial charge in [0.1, 0.15) is 0 Å². The number of hydrogen-bond acceptors (Lipinski definition) is 11. The number of nitrogens with zero attached hydrogens (tertiary/aromatic N) is 1. The van der Waals surface area contributed by atoms with Crippen molar-refractivity contribution in [3.05, 3.63) is 0 Å². The number of hydrogen-bond donors (Lipinski definition) is 10. The van der Waals surface area contributed by atoms with E-state index in [1.807, 2.05) is 0 Å². The molecule has 29 heavy (non-hydrogen) atoms. The SMILES string of the molecule is NCCN(CCNCC(=O)NC(CO)C(O)CO)CC(=O)NC(CO)C(O)CO. The average molecular weight is 425 g/mol. The number of aliphatic hydroxyl groups excluding tert-OH is 6. The minimum Gasteiger partial charge on any atom is -0.394 e. The molecule has 0 heterocycles. The molecule has 0 spiro atoms. The van der Waals surface area contributed by atoms with Crippen LogP contribution in [0.5, 0.6) is 0 Å². The predicted octanol–water partition coefficient (Wildman–Crippen LogP) is -6.50. The molecule has 2 amide bonds. The van der Waals surface area contributed by atoms with Crippen molar-refractivity contribution < 1.29 is 40.2 Å². The Morgan fingerprint density at radius 1 is 0.828 bits per heavy atom. The van der Waals surface area contributed by atoms with Crippen LogP contribution in [0, 0.1) is 0 Å². The van der Waals surface area contributed by atoms with Gasteiger partial charge in [-0.25, -0.2) is 0 Å². The molecule has 0 radical (unpaired) electrons. The summed E-state index contributed by atoms with van der Waals surface area (Å²) in [5, 5.41) is 62.6. The van der Waals surface area contributed by atoms with Gasteiger partial charge in [0.05, 0.1) is 63.8 Å². The van der Waals surface area contributed by atoms with E-state index in [4.69, 9.17) is 26.2 Å². The first kappa shape index (κ1) is 27.6. The summed E-state index contributed by atoms with van der Waals surface area (Å²) in [6.07, 6.45) is -2.55. The highest BCUT2D eigenvalue weighted by Gasteiger charge is 2.21. The summed E-state index contributed by atoms with van der Waals surface area (Å²) in [7, 11) is 0. The topological polar surface area (TPSA) is 221 Å². The minimum absolute atomic E-state index is 0.0605. The molecular weight excluding hydrogens is 390 g/mol. The molecule has 13 nitrogen and oxygen atoms in total. The molecule has 4 atom stereocenters. The Labute approximate surface area is 169 Å². The van der Waals surface area contributed by atoms with Crippen LogP contribution in [0.25, 0.3) is 0 Å². The summed E-state index contributed by atoms with van der Waals surface area (Å²) in [6, 6.07) is -1.96. The molecule has 0 saturated heterocycles. The first-order valence-corrected chi connectivity index (χ1v) is 9.34. The zero-order valence-electron chi connectivity index (χ0n) is 16.4. The number of carbonyl (C=O) groups excluding carboxylic acids is 2. The minimum atomic E-state index is -1.28. The summed E-state index contributed by atoms with van der Waals surface area (Å²) >= 11 is 0. The maximum absolute atomic E-state index is 12.1. The fourth-order valence-corrected chi connectivity index (χ4v) is 2.39. The van der Waals surface area contributed by atoms with Crippen molar-refractivity contribution in [3.8, 4) is 0 Å². The maximum Gasteiger partial charge on any atom is 0.234 e. The smallest absolute Gasteiger partial charge is 0.234 e. The summed E-state index contributed by atoms with van der Waals surface area (Å²) in [4.78, 5) is 25.5. The van der Waals surface area contributed by atoms with Crippen molar-refractivity contribution in [1.82, 2.24) is 20.9 Å². The molecular formula is C16H35N5O8. The summed E-state index contributed by atoms with van der Waals surface area (Å²) in [5.41, 5.74) is 5.53. The monoisotopic (exact) mass is 425 g/mol. The largest absolute Gasteiger partial charge is 0.394 e. The van der Waals surface area contributed by atoms with E-state index in [0.717, 1.165) is 0 Å². The molecule has 4 unspecified atom stereocenters. The van der Waals surface area contributed by atoms with E-state index in [-0.39, 0.29) is 19.6 Å². The van der Waals surface area contributed by atoms with Crippen molar-refractivity contribution in [2.75, 3.05) is 65.7 Å². The zero-order valence-corrected chi connectivity index (χ0v) is 16.4. The van der Waals surface area contributed by atoms with Crippen LogP contribution in [-0.2, 0) is 9.59 Å². The van der Waals surface area contributed by atoms with Gasteiger partial charge in [0, 0.05) is 26.2 Å². The van der Waals surface area contributed by atoms with E-state index in [1.54, 1.807) is 4.90 Å². The Hall–Kier alpha value is -1.42. The van der Waals surface area contributed by atoms with Crippen molar-refractivity contribution in [3.63, 3.8) is 0 Å². The molecule has 0 fully saturated rings. The van der Waals surface area contributed by atoms with Crippen LogP contribution < -0.4 is 21.7 Å². The molecule has 13 heteroatoms. The van der Waals surface area contributed by atoms with Crippen LogP contribution in [0.4, 0.5) is 0 Å². The van der Waals surface area contributed by atoms with Crippen LogP contribution in [0.1, 0.15) is 0 Å². The standard InChI is InChI=1S/C16H35N5O8/c17-1-3-21(6-16(29)20-12(8-23)14(27)10-25)4-2-18-5-15(28)19-11(7-22)13(26)9-24/h11-14,18,22-27H,1-10,17H2,(H,19,28)(H,20,29). The maximum atomic E-state index is 12.1. The molecule has 0 aromatic carbocycles. The van der Waals surface area contributed by atoms with E-state index in [0.29, 0.717) is 19.6 Å². The normalized spacial score (nSPS) is 15.6. The van der Waals surface area contributed by atoms with Crippen LogP contribution in [0.15, 0.2) is 0 Å². The predicted molar refractivity (Wildman–Crippen MR) is 103 cm³/mol. The number of carbonyl (C=O) groups is 2. The Morgan fingerprint density at radius 2 is 1.34 bits per heavy atom. The first-order chi connectivity index (χ1) is 13.8. The van der Waals surface area contributed by atoms with Gasteiger partial charge in [-0.2, -0.15) is 0 Å². The van der Waals surface area contributed by atoms with Crippen molar-refractivity contribution >= 4 is 11.8 Å². The lowest BCUT2D eigenvalue weighted by molar-refractivity contribution is -0.125. The van der Waals surface area contributed by atoms with E-state index in [1.165, 1.54) is 0 Å². The Balaban J connectivity index is 4.33. The lowest BCUT2D eigenvalue weighted by Gasteiger charge is -2.25. The third-order valence-electron chi connectivity index (χ3n) is 4.09. The summed E-state index contributed by atoms with van der Waals surface area (Å²) in [5.74, 6) is -0.949. The van der Waals surface area contributed by atoms with Crippen molar-refractivity contribution in [2.45, 2.75) is 24.3 Å². The highest BCUT2D eigenvalue weighted by molar-refractivity contribution is 5.78. The Bertz CT molecular complexity index is 459. The van der Waals surface area contributed by atoms with E-state index in [2.05, 4.69) is 16.0 Å². The van der Waals surface area contributed by atoms with Gasteiger partial charge in [0.25, 0.3) is 0 Å². The highest BCUT2D eigenvalue weighted by Crippen LogP contribution is 1.94. The second kappa shape index (κ2) is 16.4. The third kappa shape index (κ3) is 12.0. The molecule has 0 rings (SSSR count). The average Bonchev–Trinajstić information content (AvgIpc) is 2.72. The number of nitrogens with two attached hydrogens (primary N) is 1. The second-order valence-electron chi connectivity index (χ2n) is 6.45. The molecule has 0 saturated carbocycles. The molecule has 11 N–H and O–H groups in total. The van der Waals surface area contributed by atoms with Crippen LogP contribution in [0.3, 0.4) is 0 Å². The van der Waals surface area contributed by atoms with E-state index in [9.17, 15) is 19.8 Å². The second-order valence-corrected chi connectivity index (χ2v) is 6.45. The molecule has 0 aromatic heterocycles. The highest BCUT2D eigenvalue weighted by atomic mass is 16.3. The lowest BCUT2D eigenvalue weighted by Crippen LogP contribution is -2.51. The van der Waals surface area contributed by atoms with Gasteiger partial charge in [-0.3, -0.25) is 14.5 Å². The fraction of sp³-hybridized carbons (Fsp3) is 0.875. The van der Waals surface area contributed by atoms with Gasteiger partial charge >= 0.3 is 0 Å². The molecule has 172 valence electrons. The van der Waals surface area contributed by atoms with Gasteiger partial charge in [-0.05, 0) is 0 Å². The molecule has 0 aliphatic carbocycles. The van der Waals surface area contributed by atoms with E-state index < -0.39 is 62.5 Å². The number of rotatable bonds is 17. The van der Waals surface area contributed by atoms with Gasteiger partial charge in [0.2, 0.25) is 11.8 Å². The molecule has 0 bridgehead atoms. The fourth-order valence-electron chi connectivity index (χ4n) is 2.39. The Morgan fingerprint density at radius 3 is 1.79 bits per heavy atom. The van der Waals surface area contributed by atoms with Crippen LogP contribution in [0.2, 0.25) is 0 Å². The van der Waals surface area contributed by atoms with Gasteiger partial charge in [-0.1, -0.05) is 0 Å². The molecule has 0 aromatic rings. The van der Waals surface area contributed by atoms with Crippen LogP contribution >= 0.6 is 0 Å². The number of aliphatic hydroxyl groups is 6. The van der Waals surface area contributed by atoms with Crippen molar-refractivity contribution in [1.29, 1.82) is 0 Å². The number of amides is 2. The van der Waals surface area contributed by atoms with Gasteiger partial charge in [0.15, 0.2) is 0 Å². The quantitative estimate of drug-likeness (QED) is 0.0987. The van der Waals surface area contributed by atoms with Gasteiger partial charge < -0.3 is 52.3 Å². The van der Waals surface area contributed by atoms with E-state index >= 15 is 0 Å². The first-order valence-electron chi connectivity index (χ1n) is 9.34. The van der Waals surface area contributed by atoms with Gasteiger partial charge in [-0.15, -0.1) is 0 Å². The number of nitrogens with one attached hydrogen (secondary N) is 3. The summed E-state index contributed by atoms with van der Waals surface area (Å²) in [6.45, 7) is -1.04. The summed E-state index contributed by atoms with van der Waals surface area (Å²) < 4.78 is 0. The van der Waals surface area contributed by atoms with Crippen LogP contribution in [-0.4, -0.2) is 137 Å². The Kier molecular flexibility index (Phi) is 15.6.